The Morgan fingerprint density at radius 3 is 2.62 bits per heavy atom. The molecule has 0 bridgehead atoms. The van der Waals surface area contributed by atoms with Crippen LogP contribution in [0.25, 0.3) is 0 Å². The smallest absolute Gasteiger partial charge is 0.326 e. The van der Waals surface area contributed by atoms with Crippen LogP contribution in [-0.2, 0) is 9.53 Å². The fourth-order valence-corrected chi connectivity index (χ4v) is 1.40. The van der Waals surface area contributed by atoms with Crippen LogP contribution in [0.1, 0.15) is 46.0 Å². The van der Waals surface area contributed by atoms with Crippen molar-refractivity contribution in [3.63, 3.8) is 0 Å². The summed E-state index contributed by atoms with van der Waals surface area (Å²) in [5.74, 6) is -0.237. The normalized spacial score (nSPS) is 21.8. The molecule has 0 amide bonds. The molecule has 0 radical (unpaired) electrons. The highest BCUT2D eigenvalue weighted by Crippen LogP contribution is 2.24. The van der Waals surface area contributed by atoms with E-state index < -0.39 is 5.54 Å². The van der Waals surface area contributed by atoms with Crippen molar-refractivity contribution >= 4 is 5.97 Å². The van der Waals surface area contributed by atoms with Crippen LogP contribution in [0.3, 0.4) is 0 Å². The molecule has 1 aliphatic rings. The van der Waals surface area contributed by atoms with Gasteiger partial charge in [0.05, 0.1) is 0 Å². The van der Waals surface area contributed by atoms with Crippen LogP contribution in [0.5, 0.6) is 0 Å². The molecule has 0 spiro atoms. The van der Waals surface area contributed by atoms with Crippen molar-refractivity contribution in [2.75, 3.05) is 0 Å². The number of hydrogen-bond acceptors (Lipinski definition) is 3. The molecule has 1 unspecified atom stereocenters. The van der Waals surface area contributed by atoms with Crippen molar-refractivity contribution in [3.8, 4) is 0 Å². The lowest BCUT2D eigenvalue weighted by molar-refractivity contribution is -0.159. The van der Waals surface area contributed by atoms with E-state index in [2.05, 4.69) is 0 Å². The van der Waals surface area contributed by atoms with E-state index in [1.807, 2.05) is 6.92 Å². The van der Waals surface area contributed by atoms with Crippen molar-refractivity contribution in [2.45, 2.75) is 57.6 Å². The molecule has 76 valence electrons. The summed E-state index contributed by atoms with van der Waals surface area (Å²) in [5.41, 5.74) is 5.04. The van der Waals surface area contributed by atoms with E-state index in [4.69, 9.17) is 10.5 Å². The molecule has 1 atom stereocenters. The Balaban J connectivity index is 2.35. The van der Waals surface area contributed by atoms with Crippen molar-refractivity contribution < 1.29 is 9.53 Å². The SMILES string of the molecule is CCCC(C)(N)C(=O)OC1CCC1. The lowest BCUT2D eigenvalue weighted by Crippen LogP contribution is -2.47. The third-order valence-electron chi connectivity index (χ3n) is 2.56. The summed E-state index contributed by atoms with van der Waals surface area (Å²) in [6.45, 7) is 3.76. The first kappa shape index (κ1) is 10.5. The quantitative estimate of drug-likeness (QED) is 0.677. The zero-order valence-electron chi connectivity index (χ0n) is 8.51. The molecule has 3 heteroatoms. The zero-order chi connectivity index (χ0) is 9.90. The summed E-state index contributed by atoms with van der Waals surface area (Å²) in [5, 5.41) is 0. The van der Waals surface area contributed by atoms with Crippen LogP contribution in [-0.4, -0.2) is 17.6 Å². The summed E-state index contributed by atoms with van der Waals surface area (Å²) < 4.78 is 5.24. The van der Waals surface area contributed by atoms with Crippen LogP contribution < -0.4 is 5.73 Å². The zero-order valence-corrected chi connectivity index (χ0v) is 8.51. The number of carbonyl (C=O) groups is 1. The van der Waals surface area contributed by atoms with Gasteiger partial charge >= 0.3 is 5.97 Å². The van der Waals surface area contributed by atoms with Crippen molar-refractivity contribution in [1.82, 2.24) is 0 Å². The van der Waals surface area contributed by atoms with E-state index in [1.165, 1.54) is 6.42 Å². The Labute approximate surface area is 79.6 Å². The minimum Gasteiger partial charge on any atom is -0.461 e. The van der Waals surface area contributed by atoms with E-state index in [9.17, 15) is 4.79 Å². The minimum absolute atomic E-state index is 0.146. The van der Waals surface area contributed by atoms with E-state index in [1.54, 1.807) is 6.92 Å². The summed E-state index contributed by atoms with van der Waals surface area (Å²) in [6, 6.07) is 0. The molecule has 2 N–H and O–H groups in total. The summed E-state index contributed by atoms with van der Waals surface area (Å²) in [4.78, 5) is 11.5. The number of ether oxygens (including phenoxy) is 1. The average Bonchev–Trinajstić information content (AvgIpc) is 1.96. The second-order valence-corrected chi connectivity index (χ2v) is 4.13. The maximum Gasteiger partial charge on any atom is 0.326 e. The Morgan fingerprint density at radius 2 is 2.23 bits per heavy atom. The Kier molecular flexibility index (Phi) is 3.31. The van der Waals surface area contributed by atoms with Crippen molar-refractivity contribution in [2.24, 2.45) is 5.73 Å². The summed E-state index contributed by atoms with van der Waals surface area (Å²) >= 11 is 0. The predicted molar refractivity (Wildman–Crippen MR) is 51.2 cm³/mol. The number of nitrogens with two attached hydrogens (primary N) is 1. The van der Waals surface area contributed by atoms with Crippen LogP contribution in [0.15, 0.2) is 0 Å². The summed E-state index contributed by atoms with van der Waals surface area (Å²) in [7, 11) is 0. The molecule has 1 rings (SSSR count). The molecule has 0 saturated heterocycles. The lowest BCUT2D eigenvalue weighted by atomic mass is 9.94. The second-order valence-electron chi connectivity index (χ2n) is 4.13. The Hall–Kier alpha value is -0.570. The van der Waals surface area contributed by atoms with Gasteiger partial charge in [-0.15, -0.1) is 0 Å². The minimum atomic E-state index is -0.787. The van der Waals surface area contributed by atoms with Gasteiger partial charge in [0.15, 0.2) is 0 Å². The van der Waals surface area contributed by atoms with Gasteiger partial charge in [-0.1, -0.05) is 13.3 Å². The standard InChI is InChI=1S/C10H19NO2/c1-3-7-10(2,11)9(12)13-8-5-4-6-8/h8H,3-7,11H2,1-2H3. The van der Waals surface area contributed by atoms with Gasteiger partial charge in [-0.2, -0.15) is 0 Å². The number of hydrogen-bond donors (Lipinski definition) is 1. The molecule has 1 fully saturated rings. The van der Waals surface area contributed by atoms with Crippen LogP contribution >= 0.6 is 0 Å². The Bertz CT molecular complexity index is 185. The van der Waals surface area contributed by atoms with Crippen LogP contribution in [0, 0.1) is 0 Å². The first-order valence-electron chi connectivity index (χ1n) is 5.06. The number of carbonyl (C=O) groups excluding carboxylic acids is 1. The van der Waals surface area contributed by atoms with Crippen LogP contribution in [0.4, 0.5) is 0 Å². The molecule has 1 saturated carbocycles. The van der Waals surface area contributed by atoms with Gasteiger partial charge in [-0.25, -0.2) is 0 Å². The fraction of sp³-hybridized carbons (Fsp3) is 0.900. The third kappa shape index (κ3) is 2.69. The highest BCUT2D eigenvalue weighted by molar-refractivity contribution is 5.80. The largest absolute Gasteiger partial charge is 0.461 e. The van der Waals surface area contributed by atoms with Crippen molar-refractivity contribution in [3.05, 3.63) is 0 Å². The Morgan fingerprint density at radius 1 is 1.62 bits per heavy atom. The van der Waals surface area contributed by atoms with E-state index >= 15 is 0 Å². The van der Waals surface area contributed by atoms with E-state index in [0.717, 1.165) is 19.3 Å². The third-order valence-corrected chi connectivity index (χ3v) is 2.56. The topological polar surface area (TPSA) is 52.3 Å². The maximum absolute atomic E-state index is 11.5. The lowest BCUT2D eigenvalue weighted by Gasteiger charge is -2.30. The molecular weight excluding hydrogens is 166 g/mol. The maximum atomic E-state index is 11.5. The first-order chi connectivity index (χ1) is 6.06. The number of esters is 1. The molecule has 0 aromatic rings. The van der Waals surface area contributed by atoms with Gasteiger partial charge in [0.25, 0.3) is 0 Å². The molecule has 0 aromatic heterocycles. The highest BCUT2D eigenvalue weighted by atomic mass is 16.5. The molecule has 0 heterocycles. The molecule has 13 heavy (non-hydrogen) atoms. The van der Waals surface area contributed by atoms with Gasteiger partial charge in [-0.3, -0.25) is 4.79 Å². The van der Waals surface area contributed by atoms with Gasteiger partial charge in [0.2, 0.25) is 0 Å². The monoisotopic (exact) mass is 185 g/mol. The first-order valence-corrected chi connectivity index (χ1v) is 5.06. The van der Waals surface area contributed by atoms with Gasteiger partial charge in [-0.05, 0) is 32.6 Å². The fourth-order valence-electron chi connectivity index (χ4n) is 1.40. The average molecular weight is 185 g/mol. The van der Waals surface area contributed by atoms with Crippen molar-refractivity contribution in [1.29, 1.82) is 0 Å². The van der Waals surface area contributed by atoms with E-state index in [-0.39, 0.29) is 12.1 Å². The second kappa shape index (κ2) is 4.09. The van der Waals surface area contributed by atoms with Gasteiger partial charge < -0.3 is 10.5 Å². The number of rotatable bonds is 4. The van der Waals surface area contributed by atoms with Crippen LogP contribution in [0.2, 0.25) is 0 Å². The summed E-state index contributed by atoms with van der Waals surface area (Å²) in [6.07, 6.45) is 4.94. The molecule has 0 aromatic carbocycles. The molecule has 1 aliphatic carbocycles. The van der Waals surface area contributed by atoms with Gasteiger partial charge in [0.1, 0.15) is 11.6 Å². The molecule has 0 aliphatic heterocycles. The predicted octanol–water partition coefficient (Wildman–Crippen LogP) is 1.60. The van der Waals surface area contributed by atoms with E-state index in [0.29, 0.717) is 6.42 Å². The molecule has 3 nitrogen and oxygen atoms in total. The molecular formula is C10H19NO2. The highest BCUT2D eigenvalue weighted by Gasteiger charge is 2.32. The van der Waals surface area contributed by atoms with Gasteiger partial charge in [0, 0.05) is 0 Å².